The minimum Gasteiger partial charge on any atom is -0.242 e. The maximum absolute atomic E-state index is 12.0. The van der Waals surface area contributed by atoms with Gasteiger partial charge in [-0.15, -0.1) is 0 Å². The van der Waals surface area contributed by atoms with E-state index >= 15 is 0 Å². The first kappa shape index (κ1) is 9.34. The molecule has 2 nitrogen and oxygen atoms in total. The van der Waals surface area contributed by atoms with Crippen LogP contribution in [0.3, 0.4) is 0 Å². The molecule has 0 amide bonds. The Morgan fingerprint density at radius 2 is 1.71 bits per heavy atom. The Morgan fingerprint density at radius 1 is 1.14 bits per heavy atom. The molecule has 1 heterocycles. The first-order valence-corrected chi connectivity index (χ1v) is 7.06. The average Bonchev–Trinajstić information content (AvgIpc) is 2.82. The molecule has 1 aliphatic heterocycles. The highest BCUT2D eigenvalue weighted by atomic mass is 32.2. The Labute approximate surface area is 88.6 Å². The zero-order valence-electron chi connectivity index (χ0n) is 8.82. The Kier molecular flexibility index (Phi) is 2.21. The highest BCUT2D eigenvalue weighted by Crippen LogP contribution is 2.43. The molecule has 2 saturated carbocycles. The molecular formula is C11H19NOS. The van der Waals surface area contributed by atoms with Crippen LogP contribution in [-0.4, -0.2) is 26.9 Å². The molecule has 3 fully saturated rings. The molecule has 3 atom stereocenters. The van der Waals surface area contributed by atoms with Gasteiger partial charge in [0.2, 0.25) is 0 Å². The summed E-state index contributed by atoms with van der Waals surface area (Å²) in [4.78, 5) is 0. The normalized spacial score (nSPS) is 45.4. The maximum Gasteiger partial charge on any atom is 0.0974 e. The van der Waals surface area contributed by atoms with Crippen molar-refractivity contribution in [2.75, 3.05) is 13.1 Å². The first-order chi connectivity index (χ1) is 6.74. The molecule has 80 valence electrons. The lowest BCUT2D eigenvalue weighted by Gasteiger charge is -2.16. The van der Waals surface area contributed by atoms with Crippen LogP contribution in [0.2, 0.25) is 0 Å². The third kappa shape index (κ3) is 1.54. The van der Waals surface area contributed by atoms with Crippen molar-refractivity contribution in [3.8, 4) is 0 Å². The van der Waals surface area contributed by atoms with Crippen molar-refractivity contribution in [1.29, 1.82) is 0 Å². The van der Waals surface area contributed by atoms with Crippen molar-refractivity contribution in [3.63, 3.8) is 0 Å². The predicted molar refractivity (Wildman–Crippen MR) is 58.1 cm³/mol. The first-order valence-electron chi connectivity index (χ1n) is 5.89. The fraction of sp³-hybridized carbons (Fsp3) is 1.00. The summed E-state index contributed by atoms with van der Waals surface area (Å²) in [5.74, 6) is 2.65. The van der Waals surface area contributed by atoms with Gasteiger partial charge >= 0.3 is 0 Å². The second kappa shape index (κ2) is 3.31. The monoisotopic (exact) mass is 213 g/mol. The third-order valence-corrected chi connectivity index (χ3v) is 5.87. The van der Waals surface area contributed by atoms with Crippen LogP contribution >= 0.6 is 0 Å². The van der Waals surface area contributed by atoms with Crippen molar-refractivity contribution in [2.24, 2.45) is 17.8 Å². The zero-order valence-corrected chi connectivity index (χ0v) is 9.63. The van der Waals surface area contributed by atoms with Crippen LogP contribution in [0.5, 0.6) is 0 Å². The van der Waals surface area contributed by atoms with Crippen LogP contribution in [0.1, 0.15) is 32.6 Å². The van der Waals surface area contributed by atoms with Gasteiger partial charge in [0, 0.05) is 18.3 Å². The van der Waals surface area contributed by atoms with Crippen molar-refractivity contribution >= 4 is 11.0 Å². The molecule has 3 aliphatic rings. The molecule has 0 aromatic rings. The number of nitrogens with zero attached hydrogens (tertiary/aromatic N) is 1. The van der Waals surface area contributed by atoms with E-state index in [1.165, 1.54) is 25.7 Å². The fourth-order valence-electron chi connectivity index (χ4n) is 3.19. The number of hydrogen-bond acceptors (Lipinski definition) is 1. The van der Waals surface area contributed by atoms with Gasteiger partial charge in [-0.25, -0.2) is 8.51 Å². The highest BCUT2D eigenvalue weighted by molar-refractivity contribution is 7.83. The van der Waals surface area contributed by atoms with Crippen LogP contribution < -0.4 is 0 Å². The van der Waals surface area contributed by atoms with Gasteiger partial charge in [0.1, 0.15) is 0 Å². The van der Waals surface area contributed by atoms with E-state index in [9.17, 15) is 4.21 Å². The summed E-state index contributed by atoms with van der Waals surface area (Å²) in [7, 11) is -0.623. The Hall–Kier alpha value is 0.110. The molecule has 0 bridgehead atoms. The summed E-state index contributed by atoms with van der Waals surface area (Å²) in [5.41, 5.74) is 0. The number of rotatable bonds is 2. The van der Waals surface area contributed by atoms with Crippen molar-refractivity contribution in [2.45, 2.75) is 37.9 Å². The Bertz CT molecular complexity index is 250. The Balaban J connectivity index is 1.63. The van der Waals surface area contributed by atoms with Gasteiger partial charge in [0.15, 0.2) is 0 Å². The molecule has 0 aromatic heterocycles. The standard InChI is InChI=1S/C11H19NOS/c1-8-4-9-6-12(7-10(9)5-8)14(13)11-2-3-11/h8-11H,2-7H2,1H3. The summed E-state index contributed by atoms with van der Waals surface area (Å²) in [5, 5.41) is 0.534. The molecule has 3 rings (SSSR count). The number of fused-ring (bicyclic) bond motifs is 1. The van der Waals surface area contributed by atoms with Crippen LogP contribution in [-0.2, 0) is 11.0 Å². The third-order valence-electron chi connectivity index (χ3n) is 4.02. The van der Waals surface area contributed by atoms with Crippen LogP contribution in [0.25, 0.3) is 0 Å². The second-order valence-electron chi connectivity index (χ2n) is 5.42. The molecule has 0 aromatic carbocycles. The van der Waals surface area contributed by atoms with Crippen LogP contribution in [0, 0.1) is 17.8 Å². The van der Waals surface area contributed by atoms with Crippen LogP contribution in [0.4, 0.5) is 0 Å². The van der Waals surface area contributed by atoms with E-state index in [0.717, 1.165) is 30.8 Å². The van der Waals surface area contributed by atoms with Crippen molar-refractivity contribution in [1.82, 2.24) is 4.31 Å². The largest absolute Gasteiger partial charge is 0.242 e. The van der Waals surface area contributed by atoms with Gasteiger partial charge in [0.25, 0.3) is 0 Å². The quantitative estimate of drug-likeness (QED) is 0.685. The summed E-state index contributed by atoms with van der Waals surface area (Å²) in [6, 6.07) is 0. The van der Waals surface area contributed by atoms with Gasteiger partial charge < -0.3 is 0 Å². The lowest BCUT2D eigenvalue weighted by Crippen LogP contribution is -2.27. The lowest BCUT2D eigenvalue weighted by molar-refractivity contribution is 0.446. The molecule has 1 saturated heterocycles. The minimum absolute atomic E-state index is 0.534. The molecule has 14 heavy (non-hydrogen) atoms. The SMILES string of the molecule is CC1CC2CN(S(=O)C3CC3)CC2C1. The smallest absolute Gasteiger partial charge is 0.0974 e. The van der Waals surface area contributed by atoms with Crippen molar-refractivity contribution < 1.29 is 4.21 Å². The number of hydrogen-bond donors (Lipinski definition) is 0. The Morgan fingerprint density at radius 3 is 2.21 bits per heavy atom. The fourth-order valence-corrected chi connectivity index (χ4v) is 4.82. The summed E-state index contributed by atoms with van der Waals surface area (Å²) >= 11 is 0. The average molecular weight is 213 g/mol. The summed E-state index contributed by atoms with van der Waals surface area (Å²) < 4.78 is 14.2. The molecule has 0 N–H and O–H groups in total. The minimum atomic E-state index is -0.623. The summed E-state index contributed by atoms with van der Waals surface area (Å²) in [6.07, 6.45) is 5.16. The van der Waals surface area contributed by atoms with E-state index in [4.69, 9.17) is 0 Å². The van der Waals surface area contributed by atoms with E-state index in [2.05, 4.69) is 11.2 Å². The van der Waals surface area contributed by atoms with Gasteiger partial charge in [-0.05, 0) is 43.4 Å². The van der Waals surface area contributed by atoms with E-state index in [1.807, 2.05) is 0 Å². The second-order valence-corrected chi connectivity index (χ2v) is 7.15. The predicted octanol–water partition coefficient (Wildman–Crippen LogP) is 1.79. The molecule has 0 spiro atoms. The molecule has 2 aliphatic carbocycles. The molecular weight excluding hydrogens is 194 g/mol. The van der Waals surface area contributed by atoms with Gasteiger partial charge in [-0.3, -0.25) is 0 Å². The van der Waals surface area contributed by atoms with Crippen LogP contribution in [0.15, 0.2) is 0 Å². The van der Waals surface area contributed by atoms with Gasteiger partial charge in [0.05, 0.1) is 11.0 Å². The lowest BCUT2D eigenvalue weighted by atomic mass is 10.0. The van der Waals surface area contributed by atoms with E-state index < -0.39 is 11.0 Å². The summed E-state index contributed by atoms with van der Waals surface area (Å²) in [6.45, 7) is 4.61. The van der Waals surface area contributed by atoms with E-state index in [1.54, 1.807) is 0 Å². The molecule has 3 unspecified atom stereocenters. The van der Waals surface area contributed by atoms with Gasteiger partial charge in [-0.2, -0.15) is 0 Å². The van der Waals surface area contributed by atoms with Crippen molar-refractivity contribution in [3.05, 3.63) is 0 Å². The van der Waals surface area contributed by atoms with E-state index in [0.29, 0.717) is 5.25 Å². The van der Waals surface area contributed by atoms with Gasteiger partial charge in [-0.1, -0.05) is 6.92 Å². The maximum atomic E-state index is 12.0. The van der Waals surface area contributed by atoms with E-state index in [-0.39, 0.29) is 0 Å². The highest BCUT2D eigenvalue weighted by Gasteiger charge is 2.43. The molecule has 3 heteroatoms. The molecule has 0 radical (unpaired) electrons. The zero-order chi connectivity index (χ0) is 9.71. The topological polar surface area (TPSA) is 20.3 Å².